The quantitative estimate of drug-likeness (QED) is 0.641. The van der Waals surface area contributed by atoms with Gasteiger partial charge in [0.15, 0.2) is 0 Å². The first kappa shape index (κ1) is 12.5. The van der Waals surface area contributed by atoms with Gasteiger partial charge in [0.25, 0.3) is 0 Å². The third-order valence-corrected chi connectivity index (χ3v) is 2.90. The number of rotatable bonds is 4. The Morgan fingerprint density at radius 3 is 2.28 bits per heavy atom. The summed E-state index contributed by atoms with van der Waals surface area (Å²) < 4.78 is 5.70. The Balaban J connectivity index is 2.32. The first-order valence-corrected chi connectivity index (χ1v) is 5.97. The van der Waals surface area contributed by atoms with E-state index in [9.17, 15) is 5.11 Å². The van der Waals surface area contributed by atoms with Crippen LogP contribution in [-0.4, -0.2) is 5.11 Å². The molecule has 0 radical (unpaired) electrons. The summed E-state index contributed by atoms with van der Waals surface area (Å²) in [7, 11) is 0. The van der Waals surface area contributed by atoms with Crippen molar-refractivity contribution in [1.29, 1.82) is 0 Å². The van der Waals surface area contributed by atoms with Gasteiger partial charge in [-0.05, 0) is 12.1 Å². The van der Waals surface area contributed by atoms with E-state index in [0.717, 1.165) is 5.56 Å². The lowest BCUT2D eigenvalue weighted by atomic mass is 10.0. The lowest BCUT2D eigenvalue weighted by Crippen LogP contribution is -2.32. The molecule has 0 spiro atoms. The van der Waals surface area contributed by atoms with E-state index in [2.05, 4.69) is 0 Å². The van der Waals surface area contributed by atoms with Gasteiger partial charge >= 0.3 is 0 Å². The summed E-state index contributed by atoms with van der Waals surface area (Å²) in [5, 5.41) is 10.6. The van der Waals surface area contributed by atoms with Crippen LogP contribution in [0.4, 0.5) is 5.69 Å². The highest BCUT2D eigenvalue weighted by Gasteiger charge is 2.29. The second-order valence-electron chi connectivity index (χ2n) is 4.14. The largest absolute Gasteiger partial charge is 0.456 e. The van der Waals surface area contributed by atoms with Crippen molar-refractivity contribution < 1.29 is 9.84 Å². The zero-order chi connectivity index (χ0) is 13.0. The second kappa shape index (κ2) is 5.10. The van der Waals surface area contributed by atoms with Crippen LogP contribution in [0.15, 0.2) is 54.6 Å². The molecule has 0 fully saturated rings. The fourth-order valence-corrected chi connectivity index (χ4v) is 1.79. The van der Waals surface area contributed by atoms with E-state index in [0.29, 0.717) is 17.9 Å². The Bertz CT molecular complexity index is 513. The molecular weight excluding hydrogens is 226 g/mol. The summed E-state index contributed by atoms with van der Waals surface area (Å²) in [5.41, 5.74) is 7.06. The van der Waals surface area contributed by atoms with Crippen molar-refractivity contribution in [3.63, 3.8) is 0 Å². The summed E-state index contributed by atoms with van der Waals surface area (Å²) >= 11 is 0. The van der Waals surface area contributed by atoms with Crippen LogP contribution >= 0.6 is 0 Å². The van der Waals surface area contributed by atoms with Gasteiger partial charge in [-0.15, -0.1) is 0 Å². The molecule has 2 aromatic rings. The number of anilines is 1. The minimum atomic E-state index is -1.35. The fourth-order valence-electron chi connectivity index (χ4n) is 1.79. The third-order valence-electron chi connectivity index (χ3n) is 2.90. The number of ether oxygens (including phenoxy) is 1. The standard InChI is InChI=1S/C15H17NO2/c1-2-15(17,12-8-4-3-5-9-12)18-14-11-7-6-10-13(14)16/h3-11,17H,2,16H2,1H3. The first-order chi connectivity index (χ1) is 8.65. The molecule has 18 heavy (non-hydrogen) atoms. The van der Waals surface area contributed by atoms with E-state index in [1.807, 2.05) is 49.4 Å². The molecule has 2 aromatic carbocycles. The Labute approximate surface area is 107 Å². The molecule has 0 aliphatic carbocycles. The Morgan fingerprint density at radius 1 is 1.06 bits per heavy atom. The van der Waals surface area contributed by atoms with Crippen LogP contribution in [0.3, 0.4) is 0 Å². The van der Waals surface area contributed by atoms with Crippen LogP contribution in [0.5, 0.6) is 5.75 Å². The molecule has 0 heterocycles. The zero-order valence-electron chi connectivity index (χ0n) is 10.3. The van der Waals surface area contributed by atoms with Crippen LogP contribution < -0.4 is 10.5 Å². The van der Waals surface area contributed by atoms with Crippen molar-refractivity contribution in [3.8, 4) is 5.75 Å². The van der Waals surface area contributed by atoms with Gasteiger partial charge in [-0.25, -0.2) is 0 Å². The van der Waals surface area contributed by atoms with Crippen LogP contribution in [0.1, 0.15) is 18.9 Å². The molecule has 0 amide bonds. The lowest BCUT2D eigenvalue weighted by molar-refractivity contribution is -0.147. The van der Waals surface area contributed by atoms with Crippen molar-refractivity contribution in [3.05, 3.63) is 60.2 Å². The molecular formula is C15H17NO2. The van der Waals surface area contributed by atoms with Crippen LogP contribution in [0, 0.1) is 0 Å². The molecule has 2 rings (SSSR count). The maximum Gasteiger partial charge on any atom is 0.234 e. The number of benzene rings is 2. The van der Waals surface area contributed by atoms with E-state index >= 15 is 0 Å². The zero-order valence-corrected chi connectivity index (χ0v) is 10.3. The predicted molar refractivity (Wildman–Crippen MR) is 72.1 cm³/mol. The molecule has 0 saturated carbocycles. The van der Waals surface area contributed by atoms with Gasteiger partial charge < -0.3 is 15.6 Å². The fraction of sp³-hybridized carbons (Fsp3) is 0.200. The van der Waals surface area contributed by atoms with Crippen LogP contribution in [-0.2, 0) is 5.79 Å². The average Bonchev–Trinajstić information content (AvgIpc) is 2.42. The Morgan fingerprint density at radius 2 is 1.67 bits per heavy atom. The van der Waals surface area contributed by atoms with Crippen molar-refractivity contribution >= 4 is 5.69 Å². The minimum Gasteiger partial charge on any atom is -0.456 e. The van der Waals surface area contributed by atoms with Crippen LogP contribution in [0.2, 0.25) is 0 Å². The van der Waals surface area contributed by atoms with Crippen molar-refractivity contribution in [1.82, 2.24) is 0 Å². The summed E-state index contributed by atoms with van der Waals surface area (Å²) in [4.78, 5) is 0. The SMILES string of the molecule is CCC(O)(Oc1ccccc1N)c1ccccc1. The number of hydrogen-bond donors (Lipinski definition) is 2. The molecule has 1 unspecified atom stereocenters. The summed E-state index contributed by atoms with van der Waals surface area (Å²) in [6.45, 7) is 1.87. The molecule has 3 N–H and O–H groups in total. The van der Waals surface area contributed by atoms with Gasteiger partial charge in [0.2, 0.25) is 5.79 Å². The van der Waals surface area contributed by atoms with Crippen molar-refractivity contribution in [2.24, 2.45) is 0 Å². The molecule has 0 aromatic heterocycles. The van der Waals surface area contributed by atoms with E-state index in [1.54, 1.807) is 12.1 Å². The maximum atomic E-state index is 10.6. The third kappa shape index (κ3) is 2.46. The Kier molecular flexibility index (Phi) is 3.53. The van der Waals surface area contributed by atoms with Crippen LogP contribution in [0.25, 0.3) is 0 Å². The molecule has 0 saturated heterocycles. The number of nitrogen functional groups attached to an aromatic ring is 1. The smallest absolute Gasteiger partial charge is 0.234 e. The average molecular weight is 243 g/mol. The number of aliphatic hydroxyl groups is 1. The van der Waals surface area contributed by atoms with Gasteiger partial charge in [-0.3, -0.25) is 0 Å². The highest BCUT2D eigenvalue weighted by Crippen LogP contribution is 2.31. The van der Waals surface area contributed by atoms with Crippen molar-refractivity contribution in [2.75, 3.05) is 5.73 Å². The maximum absolute atomic E-state index is 10.6. The molecule has 3 nitrogen and oxygen atoms in total. The summed E-state index contributed by atoms with van der Waals surface area (Å²) in [6, 6.07) is 16.5. The highest BCUT2D eigenvalue weighted by atomic mass is 16.6. The molecule has 0 aliphatic rings. The first-order valence-electron chi connectivity index (χ1n) is 5.97. The molecule has 94 valence electrons. The molecule has 0 bridgehead atoms. The van der Waals surface area contributed by atoms with E-state index in [4.69, 9.17) is 10.5 Å². The topological polar surface area (TPSA) is 55.5 Å². The monoisotopic (exact) mass is 243 g/mol. The molecule has 0 aliphatic heterocycles. The van der Waals surface area contributed by atoms with E-state index < -0.39 is 5.79 Å². The van der Waals surface area contributed by atoms with E-state index in [1.165, 1.54) is 0 Å². The normalized spacial score (nSPS) is 13.9. The summed E-state index contributed by atoms with van der Waals surface area (Å²) in [6.07, 6.45) is 0.436. The van der Waals surface area contributed by atoms with Gasteiger partial charge in [0.1, 0.15) is 5.75 Å². The highest BCUT2D eigenvalue weighted by molar-refractivity contribution is 5.52. The summed E-state index contributed by atoms with van der Waals surface area (Å²) in [5.74, 6) is -0.859. The van der Waals surface area contributed by atoms with Gasteiger partial charge in [-0.2, -0.15) is 0 Å². The molecule has 1 atom stereocenters. The second-order valence-corrected chi connectivity index (χ2v) is 4.14. The Hall–Kier alpha value is -2.00. The minimum absolute atomic E-state index is 0.436. The number of nitrogens with two attached hydrogens (primary N) is 1. The van der Waals surface area contributed by atoms with Gasteiger partial charge in [0, 0.05) is 12.0 Å². The lowest BCUT2D eigenvalue weighted by Gasteiger charge is -2.28. The van der Waals surface area contributed by atoms with Crippen molar-refractivity contribution in [2.45, 2.75) is 19.1 Å². The van der Waals surface area contributed by atoms with Gasteiger partial charge in [-0.1, -0.05) is 49.4 Å². The predicted octanol–water partition coefficient (Wildman–Crippen LogP) is 2.90. The number of para-hydroxylation sites is 2. The van der Waals surface area contributed by atoms with E-state index in [-0.39, 0.29) is 0 Å². The number of hydrogen-bond acceptors (Lipinski definition) is 3. The molecule has 3 heteroatoms. The van der Waals surface area contributed by atoms with Gasteiger partial charge in [0.05, 0.1) is 5.69 Å².